The summed E-state index contributed by atoms with van der Waals surface area (Å²) in [5, 5.41) is 0. The highest BCUT2D eigenvalue weighted by Gasteiger charge is 2.51. The fraction of sp³-hybridized carbons (Fsp3) is 0.326. The third kappa shape index (κ3) is 14.0. The smallest absolute Gasteiger partial charge is 0.463 e. The number of benzene rings is 3. The zero-order chi connectivity index (χ0) is 43.6. The van der Waals surface area contributed by atoms with Crippen LogP contribution in [0, 0.1) is 0 Å². The summed E-state index contributed by atoms with van der Waals surface area (Å²) >= 11 is 0. The first-order valence-electron chi connectivity index (χ1n) is 19.0. The van der Waals surface area contributed by atoms with Crippen LogP contribution in [0.1, 0.15) is 56.8 Å². The lowest BCUT2D eigenvalue weighted by molar-refractivity contribution is -0.138. The van der Waals surface area contributed by atoms with Crippen molar-refractivity contribution in [2.45, 2.75) is 50.1 Å². The van der Waals surface area contributed by atoms with Crippen molar-refractivity contribution < 1.29 is 85.7 Å². The minimum absolute atomic E-state index is 0.000410. The molecule has 18 nitrogen and oxygen atoms in total. The Balaban J connectivity index is 0.991. The molecule has 3 aromatic carbocycles. The van der Waals surface area contributed by atoms with Gasteiger partial charge in [-0.15, -0.1) is 0 Å². The van der Waals surface area contributed by atoms with Crippen LogP contribution in [-0.2, 0) is 47.5 Å². The molecule has 0 saturated carbocycles. The Morgan fingerprint density at radius 1 is 0.475 bits per heavy atom. The molecule has 5 rings (SSSR count). The lowest BCUT2D eigenvalue weighted by Crippen LogP contribution is -2.36. The Morgan fingerprint density at radius 3 is 1.16 bits per heavy atom. The average molecular weight is 847 g/mol. The summed E-state index contributed by atoms with van der Waals surface area (Å²) in [5.74, 6) is -2.71. The van der Waals surface area contributed by atoms with Gasteiger partial charge in [0.05, 0.1) is 56.3 Å². The van der Waals surface area contributed by atoms with Crippen LogP contribution in [0.2, 0.25) is 0 Å². The van der Waals surface area contributed by atoms with Crippen molar-refractivity contribution in [3.8, 4) is 17.2 Å². The summed E-state index contributed by atoms with van der Waals surface area (Å²) in [6.45, 7) is 7.04. The third-order valence-electron chi connectivity index (χ3n) is 8.70. The van der Waals surface area contributed by atoms with E-state index in [9.17, 15) is 33.6 Å². The highest BCUT2D eigenvalue weighted by atomic mass is 16.7. The van der Waals surface area contributed by atoms with E-state index in [0.717, 1.165) is 12.2 Å². The predicted octanol–water partition coefficient (Wildman–Crippen LogP) is 5.50. The van der Waals surface area contributed by atoms with Crippen LogP contribution in [0.3, 0.4) is 0 Å². The number of fused-ring (bicyclic) bond motifs is 1. The van der Waals surface area contributed by atoms with Crippen molar-refractivity contribution in [3.63, 3.8) is 0 Å². The molecule has 0 unspecified atom stereocenters. The van der Waals surface area contributed by atoms with E-state index in [1.807, 2.05) is 0 Å². The largest absolute Gasteiger partial charge is 0.513 e. The topological polar surface area (TPSA) is 221 Å². The first-order valence-corrected chi connectivity index (χ1v) is 19.0. The third-order valence-corrected chi connectivity index (χ3v) is 8.70. The Hall–Kier alpha value is -7.05. The quantitative estimate of drug-likeness (QED) is 0.0342. The molecule has 2 aliphatic rings. The zero-order valence-electron chi connectivity index (χ0n) is 32.7. The Morgan fingerprint density at radius 2 is 0.803 bits per heavy atom. The van der Waals surface area contributed by atoms with Gasteiger partial charge in [0.25, 0.3) is 0 Å². The number of carbonyl (C=O) groups is 7. The van der Waals surface area contributed by atoms with Gasteiger partial charge in [0.1, 0.15) is 29.5 Å². The first-order chi connectivity index (χ1) is 29.5. The molecule has 0 amide bonds. The van der Waals surface area contributed by atoms with Gasteiger partial charge in [-0.2, -0.15) is 0 Å². The number of hydrogen-bond donors (Lipinski definition) is 0. The predicted molar refractivity (Wildman–Crippen MR) is 207 cm³/mol. The molecule has 322 valence electrons. The molecule has 0 spiro atoms. The molecule has 0 bridgehead atoms. The molecule has 61 heavy (non-hydrogen) atoms. The van der Waals surface area contributed by atoms with Crippen LogP contribution in [0.4, 0.5) is 9.59 Å². The SMILES string of the molecule is C=CC(=O)OCCCCOC(=O)Oc1ccc(C(=O)Oc2ccc(C(=O)O[C@H]3CO[C@H]4[C@@H]3OC[C@@H]4OC(=O)c3ccc(OC(=O)OCCCCOC(=O)C=C)cc3)cc2)cc1. The molecular weight excluding hydrogens is 804 g/mol. The number of hydrogen-bond acceptors (Lipinski definition) is 18. The number of unbranched alkanes of at least 4 members (excludes halogenated alkanes) is 2. The second-order valence-corrected chi connectivity index (χ2v) is 13.0. The van der Waals surface area contributed by atoms with Crippen LogP contribution in [0.15, 0.2) is 98.1 Å². The van der Waals surface area contributed by atoms with Gasteiger partial charge < -0.3 is 52.1 Å². The Bertz CT molecular complexity index is 2030. The summed E-state index contributed by atoms with van der Waals surface area (Å²) in [6, 6.07) is 16.9. The molecule has 3 aromatic rings. The monoisotopic (exact) mass is 846 g/mol. The molecule has 0 aliphatic carbocycles. The Labute approximate surface area is 349 Å². The highest BCUT2D eigenvalue weighted by Crippen LogP contribution is 2.32. The van der Waals surface area contributed by atoms with E-state index in [-0.39, 0.29) is 73.6 Å². The minimum Gasteiger partial charge on any atom is -0.463 e. The summed E-state index contributed by atoms with van der Waals surface area (Å²) in [6.07, 6.45) is -0.864. The number of esters is 5. The molecular formula is C43H42O18. The molecule has 0 N–H and O–H groups in total. The number of carbonyl (C=O) groups excluding carboxylic acids is 7. The number of ether oxygens (including phenoxy) is 11. The maximum absolute atomic E-state index is 13.0. The molecule has 2 saturated heterocycles. The van der Waals surface area contributed by atoms with Crippen molar-refractivity contribution in [1.29, 1.82) is 0 Å². The van der Waals surface area contributed by atoms with Crippen molar-refractivity contribution in [2.24, 2.45) is 0 Å². The normalized spacial score (nSPS) is 17.4. The van der Waals surface area contributed by atoms with Crippen LogP contribution < -0.4 is 14.2 Å². The van der Waals surface area contributed by atoms with Gasteiger partial charge in [0.15, 0.2) is 12.2 Å². The molecule has 0 aromatic heterocycles. The van der Waals surface area contributed by atoms with E-state index in [2.05, 4.69) is 13.2 Å². The van der Waals surface area contributed by atoms with Crippen molar-refractivity contribution >= 4 is 42.2 Å². The standard InChI is InChI=1S/C43H42O18/c1-3-35(44)51-21-5-7-23-53-42(49)58-31-17-11-27(12-18-31)39(46)57-30-15-9-28(10-16-30)40(47)60-33-25-55-38-34(26-56-37(33)38)61-41(48)29-13-19-32(20-14-29)59-43(50)54-24-8-6-22-52-36(45)4-2/h3-4,9-20,33-34,37-38H,1-2,5-8,21-26H2/t33-,34-,37+,38+/m0/s1. The molecule has 18 heteroatoms. The molecule has 0 radical (unpaired) electrons. The summed E-state index contributed by atoms with van der Waals surface area (Å²) in [4.78, 5) is 84.5. The second kappa shape index (κ2) is 22.9. The van der Waals surface area contributed by atoms with Gasteiger partial charge >= 0.3 is 42.2 Å². The lowest BCUT2D eigenvalue weighted by Gasteiger charge is -2.17. The molecule has 4 atom stereocenters. The maximum Gasteiger partial charge on any atom is 0.513 e. The van der Waals surface area contributed by atoms with E-state index in [4.69, 9.17) is 52.1 Å². The van der Waals surface area contributed by atoms with Crippen molar-refractivity contribution in [1.82, 2.24) is 0 Å². The Kier molecular flexibility index (Phi) is 16.9. The average Bonchev–Trinajstić information content (AvgIpc) is 3.86. The minimum atomic E-state index is -0.939. The van der Waals surface area contributed by atoms with Gasteiger partial charge in [-0.25, -0.2) is 33.6 Å². The van der Waals surface area contributed by atoms with E-state index < -0.39 is 66.6 Å². The van der Waals surface area contributed by atoms with Crippen LogP contribution in [0.5, 0.6) is 17.2 Å². The van der Waals surface area contributed by atoms with Crippen molar-refractivity contribution in [3.05, 3.63) is 115 Å². The summed E-state index contributed by atoms with van der Waals surface area (Å²) < 4.78 is 58.1. The lowest BCUT2D eigenvalue weighted by atomic mass is 10.1. The fourth-order valence-corrected chi connectivity index (χ4v) is 5.62. The van der Waals surface area contributed by atoms with Gasteiger partial charge in [-0.1, -0.05) is 13.2 Å². The highest BCUT2D eigenvalue weighted by molar-refractivity contribution is 5.92. The fourth-order valence-electron chi connectivity index (χ4n) is 5.62. The van der Waals surface area contributed by atoms with E-state index in [0.29, 0.717) is 25.7 Å². The maximum atomic E-state index is 13.0. The van der Waals surface area contributed by atoms with Crippen LogP contribution >= 0.6 is 0 Å². The first kappa shape index (κ1) is 45.0. The summed E-state index contributed by atoms with van der Waals surface area (Å²) in [7, 11) is 0. The van der Waals surface area contributed by atoms with Crippen LogP contribution in [0.25, 0.3) is 0 Å². The van der Waals surface area contributed by atoms with Crippen molar-refractivity contribution in [2.75, 3.05) is 39.6 Å². The summed E-state index contributed by atoms with van der Waals surface area (Å²) in [5.41, 5.74) is 0.498. The molecule has 2 fully saturated rings. The van der Waals surface area contributed by atoms with Gasteiger partial charge in [-0.3, -0.25) is 0 Å². The van der Waals surface area contributed by atoms with E-state index >= 15 is 0 Å². The van der Waals surface area contributed by atoms with Gasteiger partial charge in [0.2, 0.25) is 0 Å². The molecule has 2 aliphatic heterocycles. The second-order valence-electron chi connectivity index (χ2n) is 13.0. The molecule has 2 heterocycles. The van der Waals surface area contributed by atoms with Gasteiger partial charge in [0, 0.05) is 12.2 Å². The number of rotatable bonds is 20. The zero-order valence-corrected chi connectivity index (χ0v) is 32.7. The van der Waals surface area contributed by atoms with Gasteiger partial charge in [-0.05, 0) is 98.5 Å². The van der Waals surface area contributed by atoms with Crippen LogP contribution in [-0.4, -0.2) is 106 Å². The van der Waals surface area contributed by atoms with E-state index in [1.54, 1.807) is 0 Å². The van der Waals surface area contributed by atoms with E-state index in [1.165, 1.54) is 72.8 Å².